The van der Waals surface area contributed by atoms with Gasteiger partial charge >= 0.3 is 6.43 Å². The number of halogens is 2. The zero-order valence-electron chi connectivity index (χ0n) is 8.87. The molecule has 0 heterocycles. The Hall–Kier alpha value is -1.49. The van der Waals surface area contributed by atoms with Crippen LogP contribution in [-0.4, -0.2) is 19.4 Å². The first-order chi connectivity index (χ1) is 7.65. The van der Waals surface area contributed by atoms with Crippen LogP contribution in [0.4, 0.5) is 8.78 Å². The van der Waals surface area contributed by atoms with Gasteiger partial charge in [-0.05, 0) is 11.1 Å². The zero-order valence-corrected chi connectivity index (χ0v) is 8.87. The summed E-state index contributed by atoms with van der Waals surface area (Å²) in [5.41, 5.74) is 1.65. The van der Waals surface area contributed by atoms with Gasteiger partial charge in [-0.3, -0.25) is 4.79 Å². The molecule has 0 atom stereocenters. The van der Waals surface area contributed by atoms with Crippen LogP contribution in [0.1, 0.15) is 11.1 Å². The Morgan fingerprint density at radius 2 is 2.00 bits per heavy atom. The average molecular weight is 229 g/mol. The summed E-state index contributed by atoms with van der Waals surface area (Å²) in [6, 6.07) is 7.20. The predicted octanol–water partition coefficient (Wildman–Crippen LogP) is 1.71. The lowest BCUT2D eigenvalue weighted by molar-refractivity contribution is -0.131. The number of carbonyl (C=O) groups is 1. The first-order valence-corrected chi connectivity index (χ1v) is 4.76. The van der Waals surface area contributed by atoms with Crippen molar-refractivity contribution in [3.63, 3.8) is 0 Å². The van der Waals surface area contributed by atoms with E-state index in [0.717, 1.165) is 11.1 Å². The molecule has 0 spiro atoms. The number of amides is 1. The van der Waals surface area contributed by atoms with E-state index in [4.69, 9.17) is 4.74 Å². The molecular weight excluding hydrogens is 216 g/mol. The summed E-state index contributed by atoms with van der Waals surface area (Å²) < 4.78 is 28.8. The Labute approximate surface area is 92.4 Å². The van der Waals surface area contributed by atoms with E-state index < -0.39 is 12.3 Å². The van der Waals surface area contributed by atoms with Crippen LogP contribution < -0.4 is 5.32 Å². The maximum atomic E-state index is 11.9. The summed E-state index contributed by atoms with van der Waals surface area (Å²) in [6.07, 6.45) is -2.98. The molecule has 0 unspecified atom stereocenters. The second-order valence-corrected chi connectivity index (χ2v) is 3.22. The fourth-order valence-corrected chi connectivity index (χ4v) is 1.29. The van der Waals surface area contributed by atoms with Gasteiger partial charge < -0.3 is 10.1 Å². The molecule has 0 radical (unpaired) electrons. The molecule has 0 bridgehead atoms. The van der Waals surface area contributed by atoms with Crippen LogP contribution in [0, 0.1) is 0 Å². The van der Waals surface area contributed by atoms with Gasteiger partial charge in [0.15, 0.2) is 0 Å². The van der Waals surface area contributed by atoms with Gasteiger partial charge in [-0.2, -0.15) is 8.78 Å². The van der Waals surface area contributed by atoms with Crippen LogP contribution in [0.5, 0.6) is 0 Å². The maximum Gasteiger partial charge on any atom is 0.315 e. The smallest absolute Gasteiger partial charge is 0.315 e. The highest BCUT2D eigenvalue weighted by molar-refractivity contribution is 5.79. The van der Waals surface area contributed by atoms with E-state index in [9.17, 15) is 13.6 Å². The molecule has 1 N–H and O–H groups in total. The third kappa shape index (κ3) is 3.58. The summed E-state index contributed by atoms with van der Waals surface area (Å²) in [7, 11) is 1.55. The summed E-state index contributed by atoms with van der Waals surface area (Å²) in [4.78, 5) is 10.7. The monoisotopic (exact) mass is 229 g/mol. The minimum atomic E-state index is -2.98. The van der Waals surface area contributed by atoms with E-state index in [-0.39, 0.29) is 6.54 Å². The number of hydrogen-bond acceptors (Lipinski definition) is 2. The first kappa shape index (κ1) is 12.6. The fourth-order valence-electron chi connectivity index (χ4n) is 1.29. The number of rotatable bonds is 5. The van der Waals surface area contributed by atoms with Gasteiger partial charge in [-0.25, -0.2) is 0 Å². The van der Waals surface area contributed by atoms with E-state index >= 15 is 0 Å². The Balaban J connectivity index is 2.62. The number of alkyl halides is 2. The van der Waals surface area contributed by atoms with Crippen LogP contribution in [-0.2, 0) is 22.7 Å². The van der Waals surface area contributed by atoms with Gasteiger partial charge in [0.2, 0.25) is 0 Å². The molecule has 0 fully saturated rings. The summed E-state index contributed by atoms with van der Waals surface area (Å²) in [6.45, 7) is 0.476. The highest BCUT2D eigenvalue weighted by Gasteiger charge is 2.14. The molecule has 1 rings (SSSR count). The van der Waals surface area contributed by atoms with Crippen molar-refractivity contribution >= 4 is 5.91 Å². The lowest BCUT2D eigenvalue weighted by atomic mass is 10.1. The second kappa shape index (κ2) is 6.17. The van der Waals surface area contributed by atoms with Crippen LogP contribution in [0.25, 0.3) is 0 Å². The maximum absolute atomic E-state index is 11.9. The zero-order chi connectivity index (χ0) is 12.0. The fraction of sp³-hybridized carbons (Fsp3) is 0.364. The third-order valence-corrected chi connectivity index (χ3v) is 2.07. The number of ether oxygens (including phenoxy) is 1. The van der Waals surface area contributed by atoms with Crippen molar-refractivity contribution < 1.29 is 18.3 Å². The lowest BCUT2D eigenvalue weighted by Crippen LogP contribution is -2.29. The van der Waals surface area contributed by atoms with E-state index in [1.165, 1.54) is 0 Å². The summed E-state index contributed by atoms with van der Waals surface area (Å²) >= 11 is 0. The molecule has 0 aliphatic heterocycles. The molecule has 0 aromatic heterocycles. The highest BCUT2D eigenvalue weighted by Crippen LogP contribution is 2.09. The first-order valence-electron chi connectivity index (χ1n) is 4.76. The summed E-state index contributed by atoms with van der Waals surface area (Å²) in [5.74, 6) is -1.26. The Morgan fingerprint density at radius 1 is 1.38 bits per heavy atom. The minimum absolute atomic E-state index is 0.0860. The molecule has 0 saturated heterocycles. The molecule has 0 aliphatic rings. The number of methoxy groups -OCH3 is 1. The van der Waals surface area contributed by atoms with Crippen LogP contribution in [0.15, 0.2) is 24.3 Å². The topological polar surface area (TPSA) is 38.3 Å². The standard InChI is InChI=1S/C11H13F2NO2/c1-16-7-9-5-3-2-4-8(9)6-14-11(15)10(12)13/h2-5,10H,6-7H2,1H3,(H,14,15). The number of carbonyl (C=O) groups excluding carboxylic acids is 1. The van der Waals surface area contributed by atoms with E-state index in [0.29, 0.717) is 6.61 Å². The van der Waals surface area contributed by atoms with Crippen molar-refractivity contribution in [2.75, 3.05) is 7.11 Å². The Kier molecular flexibility index (Phi) is 4.85. The highest BCUT2D eigenvalue weighted by atomic mass is 19.3. The van der Waals surface area contributed by atoms with Gasteiger partial charge in [0, 0.05) is 13.7 Å². The van der Waals surface area contributed by atoms with Crippen LogP contribution >= 0.6 is 0 Å². The van der Waals surface area contributed by atoms with Crippen molar-refractivity contribution in [2.45, 2.75) is 19.6 Å². The van der Waals surface area contributed by atoms with Crippen molar-refractivity contribution in [1.29, 1.82) is 0 Å². The minimum Gasteiger partial charge on any atom is -0.380 e. The summed E-state index contributed by atoms with van der Waals surface area (Å²) in [5, 5.41) is 2.15. The second-order valence-electron chi connectivity index (χ2n) is 3.22. The number of benzene rings is 1. The van der Waals surface area contributed by atoms with Crippen LogP contribution in [0.3, 0.4) is 0 Å². The molecule has 88 valence electrons. The van der Waals surface area contributed by atoms with Crippen molar-refractivity contribution in [3.8, 4) is 0 Å². The average Bonchev–Trinajstić information content (AvgIpc) is 2.27. The molecule has 0 aliphatic carbocycles. The molecule has 1 amide bonds. The Morgan fingerprint density at radius 3 is 2.56 bits per heavy atom. The molecule has 16 heavy (non-hydrogen) atoms. The van der Waals surface area contributed by atoms with Gasteiger partial charge in [-0.15, -0.1) is 0 Å². The molecular formula is C11H13F2NO2. The van der Waals surface area contributed by atoms with E-state index in [1.807, 2.05) is 12.1 Å². The van der Waals surface area contributed by atoms with Crippen molar-refractivity contribution in [1.82, 2.24) is 5.32 Å². The molecule has 0 saturated carbocycles. The van der Waals surface area contributed by atoms with Gasteiger partial charge in [-0.1, -0.05) is 24.3 Å². The van der Waals surface area contributed by atoms with E-state index in [2.05, 4.69) is 5.32 Å². The van der Waals surface area contributed by atoms with Crippen molar-refractivity contribution in [2.24, 2.45) is 0 Å². The number of hydrogen-bond donors (Lipinski definition) is 1. The SMILES string of the molecule is COCc1ccccc1CNC(=O)C(F)F. The predicted molar refractivity (Wildman–Crippen MR) is 55.0 cm³/mol. The normalized spacial score (nSPS) is 10.5. The van der Waals surface area contributed by atoms with Gasteiger partial charge in [0.1, 0.15) is 0 Å². The quantitative estimate of drug-likeness (QED) is 0.834. The van der Waals surface area contributed by atoms with Gasteiger partial charge in [0.05, 0.1) is 6.61 Å². The third-order valence-electron chi connectivity index (χ3n) is 2.07. The largest absolute Gasteiger partial charge is 0.380 e. The number of nitrogens with one attached hydrogen (secondary N) is 1. The van der Waals surface area contributed by atoms with E-state index in [1.54, 1.807) is 19.2 Å². The molecule has 1 aromatic rings. The molecule has 3 nitrogen and oxygen atoms in total. The van der Waals surface area contributed by atoms with Crippen LogP contribution in [0.2, 0.25) is 0 Å². The Bertz CT molecular complexity index is 356. The molecule has 1 aromatic carbocycles. The lowest BCUT2D eigenvalue weighted by Gasteiger charge is -2.09. The van der Waals surface area contributed by atoms with Crippen molar-refractivity contribution in [3.05, 3.63) is 35.4 Å². The molecule has 5 heteroatoms. The van der Waals surface area contributed by atoms with Gasteiger partial charge in [0.25, 0.3) is 5.91 Å².